The largest absolute Gasteiger partial charge is 0.356 e. The molecule has 1 aromatic heterocycles. The number of benzene rings is 2. The number of fused-ring (bicyclic) bond motifs is 1. The smallest absolute Gasteiger partial charge is 0.232 e. The monoisotopic (exact) mass is 418 g/mol. The summed E-state index contributed by atoms with van der Waals surface area (Å²) in [5.74, 6) is 1.62. The Morgan fingerprint density at radius 2 is 1.68 bits per heavy atom. The van der Waals surface area contributed by atoms with Gasteiger partial charge < -0.3 is 9.80 Å². The Bertz CT molecular complexity index is 1070. The zero-order chi connectivity index (χ0) is 22.1. The molecule has 0 amide bonds. The Labute approximate surface area is 184 Å². The van der Waals surface area contributed by atoms with Gasteiger partial charge in [0.15, 0.2) is 0 Å². The van der Waals surface area contributed by atoms with Crippen LogP contribution < -0.4 is 9.80 Å². The predicted molar refractivity (Wildman–Crippen MR) is 126 cm³/mol. The van der Waals surface area contributed by atoms with Gasteiger partial charge in [-0.15, -0.1) is 0 Å². The van der Waals surface area contributed by atoms with Gasteiger partial charge in [0.1, 0.15) is 11.6 Å². The molecule has 3 aromatic rings. The van der Waals surface area contributed by atoms with Crippen molar-refractivity contribution < 1.29 is 4.39 Å². The van der Waals surface area contributed by atoms with Crippen molar-refractivity contribution in [2.75, 3.05) is 29.4 Å². The van der Waals surface area contributed by atoms with Gasteiger partial charge in [0.05, 0.1) is 0 Å². The van der Waals surface area contributed by atoms with Crippen LogP contribution in [0.15, 0.2) is 36.4 Å². The molecule has 0 N–H and O–H groups in total. The molecule has 0 aliphatic carbocycles. The molecule has 5 heteroatoms. The van der Waals surface area contributed by atoms with Crippen molar-refractivity contribution in [3.63, 3.8) is 0 Å². The number of hydrogen-bond acceptors (Lipinski definition) is 4. The first kappa shape index (κ1) is 21.3. The number of nitrogens with zero attached hydrogens (tertiary/aromatic N) is 4. The van der Waals surface area contributed by atoms with Crippen molar-refractivity contribution in [1.29, 1.82) is 0 Å². The van der Waals surface area contributed by atoms with E-state index in [0.717, 1.165) is 55.5 Å². The molecule has 0 saturated carbocycles. The quantitative estimate of drug-likeness (QED) is 0.521. The van der Waals surface area contributed by atoms with Gasteiger partial charge >= 0.3 is 0 Å². The van der Waals surface area contributed by atoms with Crippen LogP contribution in [-0.4, -0.2) is 29.6 Å². The molecule has 2 aromatic carbocycles. The van der Waals surface area contributed by atoms with Gasteiger partial charge in [-0.2, -0.15) is 4.98 Å². The molecule has 0 spiro atoms. The Kier molecular flexibility index (Phi) is 5.94. The summed E-state index contributed by atoms with van der Waals surface area (Å²) in [4.78, 5) is 14.5. The van der Waals surface area contributed by atoms with E-state index in [9.17, 15) is 4.39 Å². The third-order valence-corrected chi connectivity index (χ3v) is 6.16. The fourth-order valence-electron chi connectivity index (χ4n) is 4.72. The SMILES string of the molecule is CCN(c1nc(C)c2c(n1)N(CCc1ccc(F)cc1)CC2)c1c(C)cc(C)cc1C. The highest BCUT2D eigenvalue weighted by molar-refractivity contribution is 5.68. The Balaban J connectivity index is 1.64. The highest BCUT2D eigenvalue weighted by atomic mass is 19.1. The Morgan fingerprint density at radius 3 is 2.32 bits per heavy atom. The molecular weight excluding hydrogens is 387 g/mol. The predicted octanol–water partition coefficient (Wildman–Crippen LogP) is 5.61. The van der Waals surface area contributed by atoms with Crippen molar-refractivity contribution in [2.24, 2.45) is 0 Å². The number of hydrogen-bond donors (Lipinski definition) is 0. The van der Waals surface area contributed by atoms with E-state index in [2.05, 4.69) is 56.6 Å². The Morgan fingerprint density at radius 1 is 1.00 bits per heavy atom. The number of anilines is 3. The van der Waals surface area contributed by atoms with Gasteiger partial charge in [-0.25, -0.2) is 9.37 Å². The summed E-state index contributed by atoms with van der Waals surface area (Å²) in [6, 6.07) is 11.2. The molecule has 0 fully saturated rings. The normalized spacial score (nSPS) is 12.9. The van der Waals surface area contributed by atoms with Crippen LogP contribution in [0.2, 0.25) is 0 Å². The molecule has 162 valence electrons. The molecular formula is C26H31FN4. The van der Waals surface area contributed by atoms with Gasteiger partial charge in [-0.1, -0.05) is 29.8 Å². The maximum absolute atomic E-state index is 13.2. The lowest BCUT2D eigenvalue weighted by molar-refractivity contribution is 0.627. The van der Waals surface area contributed by atoms with Crippen LogP contribution in [0.4, 0.5) is 21.8 Å². The third kappa shape index (κ3) is 4.27. The van der Waals surface area contributed by atoms with Crippen LogP contribution in [0.25, 0.3) is 0 Å². The van der Waals surface area contributed by atoms with E-state index in [1.165, 1.54) is 40.1 Å². The fraction of sp³-hybridized carbons (Fsp3) is 0.385. The zero-order valence-electron chi connectivity index (χ0n) is 19.2. The van der Waals surface area contributed by atoms with Crippen molar-refractivity contribution in [2.45, 2.75) is 47.5 Å². The Hall–Kier alpha value is -2.95. The van der Waals surface area contributed by atoms with Gasteiger partial charge in [-0.3, -0.25) is 0 Å². The van der Waals surface area contributed by atoms with E-state index < -0.39 is 0 Å². The molecule has 4 nitrogen and oxygen atoms in total. The van der Waals surface area contributed by atoms with Crippen molar-refractivity contribution in [1.82, 2.24) is 9.97 Å². The summed E-state index contributed by atoms with van der Waals surface area (Å²) in [6.07, 6.45) is 1.84. The van der Waals surface area contributed by atoms with E-state index in [1.54, 1.807) is 0 Å². The van der Waals surface area contributed by atoms with Crippen LogP contribution in [0.3, 0.4) is 0 Å². The fourth-order valence-corrected chi connectivity index (χ4v) is 4.72. The standard InChI is InChI=1S/C26H31FN4/c1-6-31(24-18(3)15-17(2)16-19(24)4)26-28-20(5)23-12-14-30(25(23)29-26)13-11-21-7-9-22(27)10-8-21/h7-10,15-16H,6,11-14H2,1-5H3. The molecule has 1 aliphatic heterocycles. The summed E-state index contributed by atoms with van der Waals surface area (Å²) in [5, 5.41) is 0. The maximum atomic E-state index is 13.2. The number of halogens is 1. The number of aryl methyl sites for hydroxylation is 4. The first-order valence-electron chi connectivity index (χ1n) is 11.1. The average Bonchev–Trinajstić information content (AvgIpc) is 3.13. The molecule has 0 bridgehead atoms. The first-order valence-corrected chi connectivity index (χ1v) is 11.1. The number of aromatic nitrogens is 2. The van der Waals surface area contributed by atoms with Gasteiger partial charge in [0.25, 0.3) is 0 Å². The minimum atomic E-state index is -0.190. The molecule has 2 heterocycles. The first-order chi connectivity index (χ1) is 14.9. The minimum Gasteiger partial charge on any atom is -0.356 e. The van der Waals surface area contributed by atoms with Crippen LogP contribution >= 0.6 is 0 Å². The molecule has 4 rings (SSSR count). The molecule has 0 unspecified atom stereocenters. The lowest BCUT2D eigenvalue weighted by Gasteiger charge is -2.27. The highest BCUT2D eigenvalue weighted by Crippen LogP contribution is 2.35. The lowest BCUT2D eigenvalue weighted by Crippen LogP contribution is -2.26. The zero-order valence-corrected chi connectivity index (χ0v) is 19.2. The molecule has 31 heavy (non-hydrogen) atoms. The van der Waals surface area contributed by atoms with Gasteiger partial charge in [0, 0.05) is 36.6 Å². The molecule has 0 radical (unpaired) electrons. The van der Waals surface area contributed by atoms with E-state index in [1.807, 2.05) is 12.1 Å². The van der Waals surface area contributed by atoms with Crippen molar-refractivity contribution in [3.05, 3.63) is 75.7 Å². The summed E-state index contributed by atoms with van der Waals surface area (Å²) in [7, 11) is 0. The van der Waals surface area contributed by atoms with Gasteiger partial charge in [0.2, 0.25) is 5.95 Å². The second-order valence-electron chi connectivity index (χ2n) is 8.52. The van der Waals surface area contributed by atoms with Crippen LogP contribution in [0.5, 0.6) is 0 Å². The van der Waals surface area contributed by atoms with E-state index in [-0.39, 0.29) is 5.82 Å². The van der Waals surface area contributed by atoms with Crippen molar-refractivity contribution in [3.8, 4) is 0 Å². The van der Waals surface area contributed by atoms with E-state index in [0.29, 0.717) is 0 Å². The maximum Gasteiger partial charge on any atom is 0.232 e. The average molecular weight is 419 g/mol. The molecule has 0 atom stereocenters. The van der Waals surface area contributed by atoms with E-state index >= 15 is 0 Å². The minimum absolute atomic E-state index is 0.190. The summed E-state index contributed by atoms with van der Waals surface area (Å²) < 4.78 is 13.2. The van der Waals surface area contributed by atoms with Crippen molar-refractivity contribution >= 4 is 17.5 Å². The number of rotatable bonds is 6. The van der Waals surface area contributed by atoms with Gasteiger partial charge in [-0.05, 0) is 76.3 Å². The van der Waals surface area contributed by atoms with Crippen LogP contribution in [0, 0.1) is 33.5 Å². The highest BCUT2D eigenvalue weighted by Gasteiger charge is 2.26. The lowest BCUT2D eigenvalue weighted by atomic mass is 10.0. The van der Waals surface area contributed by atoms with E-state index in [4.69, 9.17) is 9.97 Å². The second kappa shape index (κ2) is 8.66. The summed E-state index contributed by atoms with van der Waals surface area (Å²) >= 11 is 0. The summed E-state index contributed by atoms with van der Waals surface area (Å²) in [5.41, 5.74) is 8.41. The molecule has 0 saturated heterocycles. The van der Waals surface area contributed by atoms with Crippen LogP contribution in [0.1, 0.15) is 40.4 Å². The third-order valence-electron chi connectivity index (χ3n) is 6.16. The molecule has 1 aliphatic rings. The second-order valence-corrected chi connectivity index (χ2v) is 8.52. The topological polar surface area (TPSA) is 32.3 Å². The van der Waals surface area contributed by atoms with Crippen LogP contribution in [-0.2, 0) is 12.8 Å². The summed E-state index contributed by atoms with van der Waals surface area (Å²) in [6.45, 7) is 13.3.